The number of hydrogen-bond acceptors (Lipinski definition) is 3. The van der Waals surface area contributed by atoms with Crippen molar-refractivity contribution in [1.82, 2.24) is 15.3 Å². The molecule has 3 aromatic rings. The van der Waals surface area contributed by atoms with Crippen molar-refractivity contribution >= 4 is 11.0 Å². The van der Waals surface area contributed by atoms with Gasteiger partial charge in [-0.05, 0) is 44.5 Å². The second-order valence-electron chi connectivity index (χ2n) is 5.55. The summed E-state index contributed by atoms with van der Waals surface area (Å²) < 4.78 is 5.37. The molecule has 0 saturated carbocycles. The van der Waals surface area contributed by atoms with Crippen molar-refractivity contribution in [2.45, 2.75) is 38.8 Å². The second-order valence-corrected chi connectivity index (χ2v) is 5.55. The third-order valence-electron chi connectivity index (χ3n) is 3.76. The monoisotopic (exact) mass is 283 g/mol. The molecule has 4 heteroatoms. The van der Waals surface area contributed by atoms with Crippen LogP contribution in [0.1, 0.15) is 37.9 Å². The minimum atomic E-state index is 0.198. The van der Waals surface area contributed by atoms with E-state index in [1.807, 2.05) is 30.3 Å². The maximum atomic E-state index is 5.37. The lowest BCUT2D eigenvalue weighted by Gasteiger charge is -2.18. The van der Waals surface area contributed by atoms with Gasteiger partial charge in [-0.3, -0.25) is 0 Å². The number of aryl methyl sites for hydroxylation is 1. The second kappa shape index (κ2) is 6.14. The third-order valence-corrected chi connectivity index (χ3v) is 3.76. The number of nitrogens with zero attached hydrogens (tertiary/aromatic N) is 1. The Bertz CT molecular complexity index is 654. The van der Waals surface area contributed by atoms with Crippen molar-refractivity contribution in [3.8, 4) is 0 Å². The molecule has 0 amide bonds. The molecule has 0 aliphatic carbocycles. The van der Waals surface area contributed by atoms with Crippen LogP contribution in [0.3, 0.4) is 0 Å². The molecule has 21 heavy (non-hydrogen) atoms. The average Bonchev–Trinajstić information content (AvgIpc) is 3.14. The molecule has 2 heterocycles. The van der Waals surface area contributed by atoms with E-state index in [4.69, 9.17) is 4.42 Å². The molecule has 0 spiro atoms. The molecule has 2 unspecified atom stereocenters. The lowest BCUT2D eigenvalue weighted by Crippen LogP contribution is -2.29. The summed E-state index contributed by atoms with van der Waals surface area (Å²) in [6.45, 7) is 4.34. The van der Waals surface area contributed by atoms with Crippen molar-refractivity contribution in [3.05, 3.63) is 54.2 Å². The van der Waals surface area contributed by atoms with Gasteiger partial charge < -0.3 is 14.7 Å². The van der Waals surface area contributed by atoms with Gasteiger partial charge in [0.15, 0.2) is 0 Å². The van der Waals surface area contributed by atoms with Crippen LogP contribution in [-0.4, -0.2) is 16.0 Å². The molecule has 2 atom stereocenters. The van der Waals surface area contributed by atoms with Gasteiger partial charge in [-0.25, -0.2) is 4.98 Å². The molecule has 0 aliphatic heterocycles. The molecule has 1 aromatic carbocycles. The molecule has 0 aliphatic rings. The first kappa shape index (κ1) is 13.9. The van der Waals surface area contributed by atoms with Crippen LogP contribution in [0, 0.1) is 0 Å². The molecule has 110 valence electrons. The SMILES string of the molecule is CC(CCc1ccco1)NC(C)c1nc2ccccc2[nH]1. The van der Waals surface area contributed by atoms with Crippen LogP contribution in [0.25, 0.3) is 11.0 Å². The van der Waals surface area contributed by atoms with Gasteiger partial charge in [0.1, 0.15) is 11.6 Å². The predicted molar refractivity (Wildman–Crippen MR) is 84.1 cm³/mol. The van der Waals surface area contributed by atoms with Gasteiger partial charge in [0.2, 0.25) is 0 Å². The van der Waals surface area contributed by atoms with Crippen LogP contribution in [0.4, 0.5) is 0 Å². The molecule has 0 fully saturated rings. The van der Waals surface area contributed by atoms with Gasteiger partial charge in [-0.15, -0.1) is 0 Å². The van der Waals surface area contributed by atoms with E-state index in [0.29, 0.717) is 6.04 Å². The lowest BCUT2D eigenvalue weighted by atomic mass is 10.1. The quantitative estimate of drug-likeness (QED) is 0.723. The smallest absolute Gasteiger partial charge is 0.124 e. The highest BCUT2D eigenvalue weighted by atomic mass is 16.3. The Hall–Kier alpha value is -2.07. The molecular formula is C17H21N3O. The minimum Gasteiger partial charge on any atom is -0.469 e. The van der Waals surface area contributed by atoms with E-state index in [2.05, 4.69) is 35.2 Å². The first-order chi connectivity index (χ1) is 10.2. The van der Waals surface area contributed by atoms with Crippen molar-refractivity contribution in [2.24, 2.45) is 0 Å². The van der Waals surface area contributed by atoms with E-state index in [0.717, 1.165) is 35.5 Å². The van der Waals surface area contributed by atoms with Crippen molar-refractivity contribution in [3.63, 3.8) is 0 Å². The molecular weight excluding hydrogens is 262 g/mol. The molecule has 0 radical (unpaired) electrons. The summed E-state index contributed by atoms with van der Waals surface area (Å²) in [5.74, 6) is 2.03. The van der Waals surface area contributed by atoms with Crippen molar-refractivity contribution < 1.29 is 4.42 Å². The summed E-state index contributed by atoms with van der Waals surface area (Å²) in [5.41, 5.74) is 2.11. The first-order valence-electron chi connectivity index (χ1n) is 7.45. The minimum absolute atomic E-state index is 0.198. The Morgan fingerprint density at radius 2 is 2.05 bits per heavy atom. The van der Waals surface area contributed by atoms with E-state index >= 15 is 0 Å². The summed E-state index contributed by atoms with van der Waals surface area (Å²) in [7, 11) is 0. The van der Waals surface area contributed by atoms with Gasteiger partial charge in [-0.2, -0.15) is 0 Å². The Morgan fingerprint density at radius 1 is 1.19 bits per heavy atom. The maximum absolute atomic E-state index is 5.37. The third kappa shape index (κ3) is 3.34. The number of nitrogens with one attached hydrogen (secondary N) is 2. The van der Waals surface area contributed by atoms with Gasteiger partial charge >= 0.3 is 0 Å². The van der Waals surface area contributed by atoms with E-state index in [1.165, 1.54) is 0 Å². The first-order valence-corrected chi connectivity index (χ1v) is 7.45. The van der Waals surface area contributed by atoms with Crippen LogP contribution >= 0.6 is 0 Å². The molecule has 2 N–H and O–H groups in total. The fourth-order valence-electron chi connectivity index (χ4n) is 2.58. The van der Waals surface area contributed by atoms with Gasteiger partial charge in [0.05, 0.1) is 23.3 Å². The van der Waals surface area contributed by atoms with E-state index in [-0.39, 0.29) is 6.04 Å². The van der Waals surface area contributed by atoms with E-state index in [9.17, 15) is 0 Å². The van der Waals surface area contributed by atoms with E-state index < -0.39 is 0 Å². The number of fused-ring (bicyclic) bond motifs is 1. The Labute approximate surface area is 124 Å². The summed E-state index contributed by atoms with van der Waals surface area (Å²) in [6.07, 6.45) is 3.72. The molecule has 3 rings (SSSR count). The summed E-state index contributed by atoms with van der Waals surface area (Å²) in [4.78, 5) is 8.02. The summed E-state index contributed by atoms with van der Waals surface area (Å²) >= 11 is 0. The number of rotatable bonds is 6. The number of aromatic nitrogens is 2. The zero-order valence-electron chi connectivity index (χ0n) is 12.5. The Morgan fingerprint density at radius 3 is 2.81 bits per heavy atom. The Kier molecular flexibility index (Phi) is 4.06. The maximum Gasteiger partial charge on any atom is 0.124 e. The van der Waals surface area contributed by atoms with Gasteiger partial charge in [-0.1, -0.05) is 12.1 Å². The fraction of sp³-hybridized carbons (Fsp3) is 0.353. The standard InChI is InChI=1S/C17H21N3O/c1-12(9-10-14-6-5-11-21-14)18-13(2)17-19-15-7-3-4-8-16(15)20-17/h3-8,11-13,18H,9-10H2,1-2H3,(H,19,20). The summed E-state index contributed by atoms with van der Waals surface area (Å²) in [5, 5.41) is 3.58. The summed E-state index contributed by atoms with van der Waals surface area (Å²) in [6, 6.07) is 12.7. The highest BCUT2D eigenvalue weighted by molar-refractivity contribution is 5.74. The van der Waals surface area contributed by atoms with E-state index in [1.54, 1.807) is 6.26 Å². The molecule has 4 nitrogen and oxygen atoms in total. The number of benzene rings is 1. The van der Waals surface area contributed by atoms with Crippen LogP contribution in [0.15, 0.2) is 47.1 Å². The largest absolute Gasteiger partial charge is 0.469 e. The average molecular weight is 283 g/mol. The van der Waals surface area contributed by atoms with Crippen LogP contribution < -0.4 is 5.32 Å². The molecule has 2 aromatic heterocycles. The van der Waals surface area contributed by atoms with Gasteiger partial charge in [0.25, 0.3) is 0 Å². The topological polar surface area (TPSA) is 53.9 Å². The van der Waals surface area contributed by atoms with Crippen LogP contribution in [-0.2, 0) is 6.42 Å². The zero-order valence-corrected chi connectivity index (χ0v) is 12.5. The highest BCUT2D eigenvalue weighted by Gasteiger charge is 2.13. The Balaban J connectivity index is 1.58. The highest BCUT2D eigenvalue weighted by Crippen LogP contribution is 2.16. The number of imidazole rings is 1. The van der Waals surface area contributed by atoms with Crippen molar-refractivity contribution in [2.75, 3.05) is 0 Å². The zero-order chi connectivity index (χ0) is 14.7. The molecule has 0 bridgehead atoms. The van der Waals surface area contributed by atoms with Crippen molar-refractivity contribution in [1.29, 1.82) is 0 Å². The fourth-order valence-corrected chi connectivity index (χ4v) is 2.58. The van der Waals surface area contributed by atoms with Gasteiger partial charge in [0, 0.05) is 12.5 Å². The molecule has 0 saturated heterocycles. The number of H-pyrrole nitrogens is 1. The predicted octanol–water partition coefficient (Wildman–Crippen LogP) is 3.83. The van der Waals surface area contributed by atoms with Crippen LogP contribution in [0.2, 0.25) is 0 Å². The number of furan rings is 1. The lowest BCUT2D eigenvalue weighted by molar-refractivity contribution is 0.424. The van der Waals surface area contributed by atoms with Crippen LogP contribution in [0.5, 0.6) is 0 Å². The normalized spacial score (nSPS) is 14.4. The number of para-hydroxylation sites is 2. The number of aromatic amines is 1. The number of hydrogen-bond donors (Lipinski definition) is 2.